The molecule has 0 aliphatic rings. The molecule has 9 nitrogen and oxygen atoms in total. The molecule has 0 aromatic heterocycles. The third-order valence-corrected chi connectivity index (χ3v) is 6.22. The lowest BCUT2D eigenvalue weighted by atomic mass is 10.1. The third-order valence-electron chi connectivity index (χ3n) is 4.53. The fraction of sp³-hybridized carbons (Fsp3) is 0.350. The maximum absolute atomic E-state index is 12.4. The first kappa shape index (κ1) is 23.5. The second-order valence-electron chi connectivity index (χ2n) is 6.41. The Kier molecular flexibility index (Phi) is 8.04. The van der Waals surface area contributed by atoms with Crippen LogP contribution in [-0.4, -0.2) is 65.8 Å². The highest BCUT2D eigenvalue weighted by Gasteiger charge is 2.20. The zero-order valence-electron chi connectivity index (χ0n) is 17.7. The van der Waals surface area contributed by atoms with Crippen molar-refractivity contribution in [2.75, 3.05) is 47.3 Å². The predicted octanol–water partition coefficient (Wildman–Crippen LogP) is 2.59. The monoisotopic (exact) mass is 437 g/mol. The summed E-state index contributed by atoms with van der Waals surface area (Å²) in [6, 6.07) is 11.2. The van der Waals surface area contributed by atoms with Gasteiger partial charge < -0.3 is 19.7 Å². The molecule has 2 amide bonds. The largest absolute Gasteiger partial charge is 0.493 e. The minimum atomic E-state index is -3.73. The van der Waals surface area contributed by atoms with Crippen molar-refractivity contribution in [3.8, 4) is 11.5 Å². The molecule has 0 aliphatic heterocycles. The Labute approximate surface area is 177 Å². The summed E-state index contributed by atoms with van der Waals surface area (Å²) in [5.41, 5.74) is 1.49. The highest BCUT2D eigenvalue weighted by Crippen LogP contribution is 2.27. The number of benzene rings is 2. The lowest BCUT2D eigenvalue weighted by molar-refractivity contribution is -0.0258. The summed E-state index contributed by atoms with van der Waals surface area (Å²) in [5.74, 6) is 1.28. The zero-order valence-corrected chi connectivity index (χ0v) is 18.5. The van der Waals surface area contributed by atoms with Crippen molar-refractivity contribution in [3.63, 3.8) is 0 Å². The summed E-state index contributed by atoms with van der Waals surface area (Å²) < 4.78 is 35.7. The van der Waals surface area contributed by atoms with Gasteiger partial charge in [0.1, 0.15) is 0 Å². The summed E-state index contributed by atoms with van der Waals surface area (Å²) in [6.07, 6.45) is 0.630. The van der Waals surface area contributed by atoms with E-state index >= 15 is 0 Å². The van der Waals surface area contributed by atoms with Gasteiger partial charge in [0.15, 0.2) is 11.5 Å². The number of rotatable bonds is 9. The number of hydrogen-bond acceptors (Lipinski definition) is 6. The van der Waals surface area contributed by atoms with E-state index in [9.17, 15) is 13.2 Å². The van der Waals surface area contributed by atoms with Crippen LogP contribution in [0.15, 0.2) is 47.4 Å². The maximum atomic E-state index is 12.4. The molecule has 0 bridgehead atoms. The predicted molar refractivity (Wildman–Crippen MR) is 113 cm³/mol. The van der Waals surface area contributed by atoms with Gasteiger partial charge in [-0.05, 0) is 48.4 Å². The minimum absolute atomic E-state index is 0.0617. The van der Waals surface area contributed by atoms with E-state index in [0.29, 0.717) is 30.2 Å². The molecular formula is C20H27N3O6S. The van der Waals surface area contributed by atoms with Crippen molar-refractivity contribution in [1.29, 1.82) is 0 Å². The number of anilines is 1. The van der Waals surface area contributed by atoms with Gasteiger partial charge in [-0.25, -0.2) is 13.2 Å². The van der Waals surface area contributed by atoms with Crippen LogP contribution in [0.2, 0.25) is 0 Å². The van der Waals surface area contributed by atoms with Gasteiger partial charge in [0.25, 0.3) is 10.0 Å². The Balaban J connectivity index is 1.96. The van der Waals surface area contributed by atoms with E-state index in [1.807, 2.05) is 18.2 Å². The van der Waals surface area contributed by atoms with E-state index in [-0.39, 0.29) is 10.9 Å². The van der Waals surface area contributed by atoms with Gasteiger partial charge in [-0.1, -0.05) is 10.5 Å². The number of hydroxylamine groups is 1. The van der Waals surface area contributed by atoms with Gasteiger partial charge in [0.2, 0.25) is 0 Å². The van der Waals surface area contributed by atoms with Crippen LogP contribution in [0.4, 0.5) is 10.5 Å². The van der Waals surface area contributed by atoms with E-state index in [1.165, 1.54) is 38.4 Å². The Hall–Kier alpha value is -2.82. The second kappa shape index (κ2) is 10.3. The van der Waals surface area contributed by atoms with E-state index in [4.69, 9.17) is 14.3 Å². The van der Waals surface area contributed by atoms with Crippen molar-refractivity contribution in [3.05, 3.63) is 48.0 Å². The number of nitrogens with zero attached hydrogens (tertiary/aromatic N) is 2. The Bertz CT molecular complexity index is 963. The number of nitrogens with one attached hydrogen (secondary N) is 1. The van der Waals surface area contributed by atoms with Gasteiger partial charge in [-0.3, -0.25) is 4.84 Å². The van der Waals surface area contributed by atoms with Crippen LogP contribution in [0, 0.1) is 0 Å². The van der Waals surface area contributed by atoms with Gasteiger partial charge in [0.05, 0.1) is 26.2 Å². The Morgan fingerprint density at radius 1 is 0.967 bits per heavy atom. The fourth-order valence-corrected chi connectivity index (χ4v) is 3.58. The van der Waals surface area contributed by atoms with Gasteiger partial charge >= 0.3 is 6.03 Å². The number of carbonyl (C=O) groups is 1. The quantitative estimate of drug-likeness (QED) is 0.606. The summed E-state index contributed by atoms with van der Waals surface area (Å²) in [5, 5.41) is 2.74. The lowest BCUT2D eigenvalue weighted by Crippen LogP contribution is -2.33. The molecule has 164 valence electrons. The molecule has 10 heteroatoms. The standard InChI is InChI=1S/C20H27N3O6S/c1-22(13-12-15-6-11-18(27-3)19(14-15)28-4)20(24)21-16-7-9-17(10-8-16)30(25,26)23(2)29-5/h6-11,14H,12-13H2,1-5H3,(H,21,24). The van der Waals surface area contributed by atoms with E-state index in [1.54, 1.807) is 26.2 Å². The number of ether oxygens (including phenoxy) is 2. The molecule has 0 atom stereocenters. The van der Waals surface area contributed by atoms with Crippen molar-refractivity contribution >= 4 is 21.7 Å². The first-order chi connectivity index (χ1) is 14.2. The molecule has 2 rings (SSSR count). The Morgan fingerprint density at radius 3 is 2.17 bits per heavy atom. The number of methoxy groups -OCH3 is 2. The molecule has 0 heterocycles. The first-order valence-corrected chi connectivity index (χ1v) is 10.5. The summed E-state index contributed by atoms with van der Waals surface area (Å²) >= 11 is 0. The van der Waals surface area contributed by atoms with Crippen LogP contribution in [0.1, 0.15) is 5.56 Å². The average molecular weight is 438 g/mol. The van der Waals surface area contributed by atoms with Crippen LogP contribution in [-0.2, 0) is 21.3 Å². The molecule has 0 aliphatic carbocycles. The SMILES string of the molecule is COc1ccc(CCN(C)C(=O)Nc2ccc(S(=O)(=O)N(C)OC)cc2)cc1OC. The van der Waals surface area contributed by atoms with Crippen molar-refractivity contribution < 1.29 is 27.5 Å². The highest BCUT2D eigenvalue weighted by atomic mass is 32.2. The second-order valence-corrected chi connectivity index (χ2v) is 8.35. The van der Waals surface area contributed by atoms with E-state index in [2.05, 4.69) is 5.32 Å². The Morgan fingerprint density at radius 2 is 1.60 bits per heavy atom. The van der Waals surface area contributed by atoms with Crippen LogP contribution >= 0.6 is 0 Å². The molecule has 1 N–H and O–H groups in total. The molecule has 0 radical (unpaired) electrons. The van der Waals surface area contributed by atoms with Crippen molar-refractivity contribution in [2.45, 2.75) is 11.3 Å². The van der Waals surface area contributed by atoms with Crippen LogP contribution in [0.5, 0.6) is 11.5 Å². The molecule has 0 fully saturated rings. The molecule has 0 spiro atoms. The number of likely N-dealkylation sites (N-methyl/N-ethyl adjacent to an activating group) is 1. The number of carbonyl (C=O) groups excluding carboxylic acids is 1. The molecule has 0 saturated carbocycles. The molecule has 0 unspecified atom stereocenters. The van der Waals surface area contributed by atoms with E-state index in [0.717, 1.165) is 10.0 Å². The van der Waals surface area contributed by atoms with Crippen LogP contribution in [0.3, 0.4) is 0 Å². The number of sulfonamides is 1. The highest BCUT2D eigenvalue weighted by molar-refractivity contribution is 7.89. The first-order valence-electron chi connectivity index (χ1n) is 9.09. The fourth-order valence-electron chi connectivity index (χ4n) is 2.61. The maximum Gasteiger partial charge on any atom is 0.321 e. The van der Waals surface area contributed by atoms with Gasteiger partial charge in [-0.2, -0.15) is 0 Å². The van der Waals surface area contributed by atoms with Gasteiger partial charge in [0, 0.05) is 26.3 Å². The summed E-state index contributed by atoms with van der Waals surface area (Å²) in [7, 11) is 3.67. The number of hydrogen-bond donors (Lipinski definition) is 1. The van der Waals surface area contributed by atoms with Gasteiger partial charge in [-0.15, -0.1) is 0 Å². The third kappa shape index (κ3) is 5.62. The number of amides is 2. The summed E-state index contributed by atoms with van der Waals surface area (Å²) in [6.45, 7) is 0.479. The lowest BCUT2D eigenvalue weighted by Gasteiger charge is -2.19. The minimum Gasteiger partial charge on any atom is -0.493 e. The summed E-state index contributed by atoms with van der Waals surface area (Å²) in [4.78, 5) is 18.8. The van der Waals surface area contributed by atoms with Crippen LogP contribution in [0.25, 0.3) is 0 Å². The number of urea groups is 1. The van der Waals surface area contributed by atoms with Crippen molar-refractivity contribution in [1.82, 2.24) is 9.37 Å². The average Bonchev–Trinajstić information content (AvgIpc) is 2.76. The molecule has 30 heavy (non-hydrogen) atoms. The normalized spacial score (nSPS) is 11.3. The topological polar surface area (TPSA) is 97.4 Å². The zero-order chi connectivity index (χ0) is 22.3. The smallest absolute Gasteiger partial charge is 0.321 e. The van der Waals surface area contributed by atoms with Crippen LogP contribution < -0.4 is 14.8 Å². The molecule has 2 aromatic rings. The van der Waals surface area contributed by atoms with Crippen molar-refractivity contribution in [2.24, 2.45) is 0 Å². The van der Waals surface area contributed by atoms with E-state index < -0.39 is 10.0 Å². The molecular weight excluding hydrogens is 410 g/mol. The molecule has 2 aromatic carbocycles. The molecule has 0 saturated heterocycles.